The number of thioether (sulfide) groups is 1. The Hall–Kier alpha value is -3.00. The van der Waals surface area contributed by atoms with E-state index in [9.17, 15) is 4.79 Å². The van der Waals surface area contributed by atoms with E-state index in [0.29, 0.717) is 22.6 Å². The van der Waals surface area contributed by atoms with Crippen LogP contribution in [0.1, 0.15) is 23.7 Å². The van der Waals surface area contributed by atoms with Crippen LogP contribution in [-0.2, 0) is 4.79 Å². The third-order valence-electron chi connectivity index (χ3n) is 4.51. The van der Waals surface area contributed by atoms with Crippen LogP contribution >= 0.6 is 11.8 Å². The number of rotatable bonds is 6. The van der Waals surface area contributed by atoms with Crippen LogP contribution in [0.3, 0.4) is 0 Å². The van der Waals surface area contributed by atoms with Crippen molar-refractivity contribution in [3.8, 4) is 23.0 Å². The van der Waals surface area contributed by atoms with E-state index in [4.69, 9.17) is 13.9 Å². The Morgan fingerprint density at radius 2 is 1.89 bits per heavy atom. The van der Waals surface area contributed by atoms with Crippen LogP contribution in [-0.4, -0.2) is 28.9 Å². The van der Waals surface area contributed by atoms with E-state index in [1.54, 1.807) is 6.07 Å². The molecule has 2 heterocycles. The number of hydrogen-bond donors (Lipinski definition) is 1. The summed E-state index contributed by atoms with van der Waals surface area (Å²) in [4.78, 5) is 12.8. The van der Waals surface area contributed by atoms with Crippen molar-refractivity contribution in [2.24, 2.45) is 0 Å². The van der Waals surface area contributed by atoms with Gasteiger partial charge in [0.2, 0.25) is 18.6 Å². The summed E-state index contributed by atoms with van der Waals surface area (Å²) in [6.45, 7) is 0.207. The molecule has 3 aromatic rings. The lowest BCUT2D eigenvalue weighted by molar-refractivity contribution is -0.120. The van der Waals surface area contributed by atoms with Gasteiger partial charge in [-0.15, -0.1) is 10.2 Å². The van der Waals surface area contributed by atoms with E-state index in [2.05, 4.69) is 15.5 Å². The molecule has 28 heavy (non-hydrogen) atoms. The zero-order chi connectivity index (χ0) is 18.9. The van der Waals surface area contributed by atoms with E-state index in [1.165, 1.54) is 11.8 Å². The zero-order valence-electron chi connectivity index (χ0n) is 14.8. The predicted molar refractivity (Wildman–Crippen MR) is 102 cm³/mol. The van der Waals surface area contributed by atoms with Crippen LogP contribution < -0.4 is 14.8 Å². The summed E-state index contributed by atoms with van der Waals surface area (Å²) < 4.78 is 16.5. The van der Waals surface area contributed by atoms with Gasteiger partial charge in [0, 0.05) is 11.6 Å². The SMILES string of the molecule is O=C(NC1CC1)[C@H](Sc1nnc(-c2ccc3c(c2)OCO3)o1)c1ccccc1. The van der Waals surface area contributed by atoms with E-state index in [-0.39, 0.29) is 18.7 Å². The molecular weight excluding hydrogens is 378 g/mol. The standard InChI is InChI=1S/C20H17N3O4S/c24-18(21-14-7-8-14)17(12-4-2-1-3-5-12)28-20-23-22-19(27-20)13-6-9-15-16(10-13)26-11-25-15/h1-6,9-10,14,17H,7-8,11H2,(H,21,24)/t17-/m1/s1. The molecule has 0 radical (unpaired) electrons. The summed E-state index contributed by atoms with van der Waals surface area (Å²) in [5.74, 6) is 1.67. The van der Waals surface area contributed by atoms with Gasteiger partial charge in [-0.05, 0) is 48.4 Å². The molecule has 1 amide bonds. The van der Waals surface area contributed by atoms with Crippen molar-refractivity contribution in [1.29, 1.82) is 0 Å². The molecule has 1 atom stereocenters. The highest BCUT2D eigenvalue weighted by molar-refractivity contribution is 8.00. The third kappa shape index (κ3) is 3.55. The molecule has 1 saturated carbocycles. The quantitative estimate of drug-likeness (QED) is 0.639. The minimum absolute atomic E-state index is 0.0403. The van der Waals surface area contributed by atoms with Crippen LogP contribution in [0.4, 0.5) is 0 Å². The number of nitrogens with one attached hydrogen (secondary N) is 1. The summed E-state index contributed by atoms with van der Waals surface area (Å²) in [7, 11) is 0. The average Bonchev–Trinajstić information content (AvgIpc) is 3.22. The average molecular weight is 395 g/mol. The summed E-state index contributed by atoms with van der Waals surface area (Å²) in [5.41, 5.74) is 1.63. The van der Waals surface area contributed by atoms with Crippen molar-refractivity contribution in [2.75, 3.05) is 6.79 Å². The summed E-state index contributed by atoms with van der Waals surface area (Å²) in [5, 5.41) is 11.2. The minimum Gasteiger partial charge on any atom is -0.454 e. The number of fused-ring (bicyclic) bond motifs is 1. The van der Waals surface area contributed by atoms with Gasteiger partial charge in [-0.3, -0.25) is 4.79 Å². The van der Waals surface area contributed by atoms with Gasteiger partial charge in [0.15, 0.2) is 11.5 Å². The van der Waals surface area contributed by atoms with Crippen LogP contribution in [0.2, 0.25) is 0 Å². The first-order valence-electron chi connectivity index (χ1n) is 9.02. The first kappa shape index (κ1) is 17.1. The van der Waals surface area contributed by atoms with E-state index in [0.717, 1.165) is 24.0 Å². The first-order chi connectivity index (χ1) is 13.8. The van der Waals surface area contributed by atoms with Crippen molar-refractivity contribution in [2.45, 2.75) is 29.4 Å². The van der Waals surface area contributed by atoms with Gasteiger partial charge < -0.3 is 19.2 Å². The second-order valence-corrected chi connectivity index (χ2v) is 7.69. The first-order valence-corrected chi connectivity index (χ1v) is 9.90. The Morgan fingerprint density at radius 1 is 1.07 bits per heavy atom. The number of carbonyl (C=O) groups excluding carboxylic acids is 1. The second kappa shape index (κ2) is 7.20. The zero-order valence-corrected chi connectivity index (χ0v) is 15.6. The van der Waals surface area contributed by atoms with Crippen molar-refractivity contribution >= 4 is 17.7 Å². The molecule has 0 saturated heterocycles. The van der Waals surface area contributed by atoms with Crippen molar-refractivity contribution in [1.82, 2.24) is 15.5 Å². The molecule has 0 spiro atoms. The lowest BCUT2D eigenvalue weighted by Crippen LogP contribution is -2.29. The molecule has 1 aromatic heterocycles. The molecule has 1 aliphatic heterocycles. The van der Waals surface area contributed by atoms with Crippen molar-refractivity contribution in [3.05, 3.63) is 54.1 Å². The Kier molecular flexibility index (Phi) is 4.40. The highest BCUT2D eigenvalue weighted by atomic mass is 32.2. The van der Waals surface area contributed by atoms with Gasteiger partial charge in [0.25, 0.3) is 5.22 Å². The fourth-order valence-corrected chi connectivity index (χ4v) is 3.79. The molecule has 2 aliphatic rings. The Bertz CT molecular complexity index is 1000. The third-order valence-corrected chi connectivity index (χ3v) is 5.60. The summed E-state index contributed by atoms with van der Waals surface area (Å²) in [6, 6.07) is 15.4. The lowest BCUT2D eigenvalue weighted by atomic mass is 10.1. The number of nitrogens with zero attached hydrogens (tertiary/aromatic N) is 2. The fourth-order valence-electron chi connectivity index (χ4n) is 2.91. The van der Waals surface area contributed by atoms with E-state index >= 15 is 0 Å². The molecule has 142 valence electrons. The smallest absolute Gasteiger partial charge is 0.277 e. The minimum atomic E-state index is -0.452. The van der Waals surface area contributed by atoms with Crippen molar-refractivity contribution in [3.63, 3.8) is 0 Å². The van der Waals surface area contributed by atoms with Gasteiger partial charge in [0.05, 0.1) is 0 Å². The lowest BCUT2D eigenvalue weighted by Gasteiger charge is -2.14. The molecule has 8 heteroatoms. The molecule has 1 aliphatic carbocycles. The second-order valence-electron chi connectivity index (χ2n) is 6.63. The monoisotopic (exact) mass is 395 g/mol. The Labute approximate surface area is 165 Å². The highest BCUT2D eigenvalue weighted by Gasteiger charge is 2.30. The van der Waals surface area contributed by atoms with Gasteiger partial charge in [-0.2, -0.15) is 0 Å². The number of carbonyl (C=O) groups is 1. The number of hydrogen-bond acceptors (Lipinski definition) is 7. The Morgan fingerprint density at radius 3 is 2.71 bits per heavy atom. The van der Waals surface area contributed by atoms with E-state index in [1.807, 2.05) is 42.5 Å². The van der Waals surface area contributed by atoms with Gasteiger partial charge >= 0.3 is 0 Å². The Balaban J connectivity index is 1.38. The molecular formula is C20H17N3O4S. The van der Waals surface area contributed by atoms with Crippen molar-refractivity contribution < 1.29 is 18.7 Å². The highest BCUT2D eigenvalue weighted by Crippen LogP contribution is 2.39. The molecule has 1 fully saturated rings. The molecule has 0 unspecified atom stereocenters. The summed E-state index contributed by atoms with van der Waals surface area (Å²) in [6.07, 6.45) is 2.07. The van der Waals surface area contributed by atoms with Crippen LogP contribution in [0, 0.1) is 0 Å². The molecule has 2 aromatic carbocycles. The van der Waals surface area contributed by atoms with Crippen LogP contribution in [0.15, 0.2) is 58.2 Å². The topological polar surface area (TPSA) is 86.5 Å². The largest absolute Gasteiger partial charge is 0.454 e. The molecule has 1 N–H and O–H groups in total. The predicted octanol–water partition coefficient (Wildman–Crippen LogP) is 3.58. The number of benzene rings is 2. The van der Waals surface area contributed by atoms with Gasteiger partial charge in [0.1, 0.15) is 5.25 Å². The molecule has 0 bridgehead atoms. The van der Waals surface area contributed by atoms with Crippen LogP contribution in [0.25, 0.3) is 11.5 Å². The maximum absolute atomic E-state index is 12.8. The maximum Gasteiger partial charge on any atom is 0.277 e. The molecule has 5 rings (SSSR count). The fraction of sp³-hybridized carbons (Fsp3) is 0.250. The number of ether oxygens (including phenoxy) is 2. The van der Waals surface area contributed by atoms with Crippen LogP contribution in [0.5, 0.6) is 11.5 Å². The molecule has 7 nitrogen and oxygen atoms in total. The van der Waals surface area contributed by atoms with Gasteiger partial charge in [-0.25, -0.2) is 0 Å². The number of amides is 1. The normalized spacial score (nSPS) is 16.0. The van der Waals surface area contributed by atoms with Gasteiger partial charge in [-0.1, -0.05) is 30.3 Å². The van der Waals surface area contributed by atoms with E-state index < -0.39 is 5.25 Å². The maximum atomic E-state index is 12.8. The number of aromatic nitrogens is 2. The summed E-state index contributed by atoms with van der Waals surface area (Å²) >= 11 is 1.25.